The fourth-order valence-corrected chi connectivity index (χ4v) is 5.81. The predicted octanol–water partition coefficient (Wildman–Crippen LogP) is 2.48. The van der Waals surface area contributed by atoms with Crippen LogP contribution in [0.25, 0.3) is 0 Å². The summed E-state index contributed by atoms with van der Waals surface area (Å²) in [5, 5.41) is 0. The Bertz CT molecular complexity index is 186. The number of nitrogens with zero attached hydrogens (tertiary/aromatic N) is 3. The van der Waals surface area contributed by atoms with Gasteiger partial charge in [-0.1, -0.05) is 0 Å². The van der Waals surface area contributed by atoms with Crippen LogP contribution >= 0.6 is 19.5 Å². The third kappa shape index (κ3) is 4.02. The first-order valence-corrected chi connectivity index (χ1v) is 8.73. The van der Waals surface area contributed by atoms with Crippen molar-refractivity contribution in [2.75, 3.05) is 45.7 Å². The number of hydrogen-bond acceptors (Lipinski definition) is 4. The van der Waals surface area contributed by atoms with E-state index in [1.54, 1.807) is 0 Å². The van der Waals surface area contributed by atoms with E-state index in [4.69, 9.17) is 17.1 Å². The molecule has 104 valence electrons. The van der Waals surface area contributed by atoms with Crippen LogP contribution in [0.1, 0.15) is 27.7 Å². The molecule has 0 aliphatic heterocycles. The van der Waals surface area contributed by atoms with Crippen LogP contribution in [-0.2, 0) is 0 Å². The summed E-state index contributed by atoms with van der Waals surface area (Å²) in [6.07, 6.45) is 0. The summed E-state index contributed by atoms with van der Waals surface area (Å²) in [6.45, 7) is 13.4. The Morgan fingerprint density at radius 2 is 1.29 bits per heavy atom. The van der Waals surface area contributed by atoms with Gasteiger partial charge in [0.05, 0.1) is 6.54 Å². The van der Waals surface area contributed by atoms with Crippen LogP contribution in [-0.4, -0.2) is 59.7 Å². The van der Waals surface area contributed by atoms with Crippen molar-refractivity contribution in [2.45, 2.75) is 27.7 Å². The van der Waals surface area contributed by atoms with Crippen molar-refractivity contribution >= 4 is 19.5 Å². The zero-order valence-electron chi connectivity index (χ0n) is 12.0. The van der Waals surface area contributed by atoms with Crippen molar-refractivity contribution in [3.8, 4) is 0 Å². The first-order valence-electron chi connectivity index (χ1n) is 6.48. The summed E-state index contributed by atoms with van der Waals surface area (Å²) in [4.78, 5) is 0. The van der Waals surface area contributed by atoms with Gasteiger partial charge < -0.3 is 0 Å². The Morgan fingerprint density at radius 1 is 0.941 bits per heavy atom. The zero-order valence-corrected chi connectivity index (χ0v) is 13.6. The average Bonchev–Trinajstić information content (AvgIpc) is 2.32. The molecule has 0 unspecified atom stereocenters. The molecule has 0 spiro atoms. The quantitative estimate of drug-likeness (QED) is 0.521. The normalized spacial score (nSPS) is 13.1. The zero-order chi connectivity index (χ0) is 13.5. The molecule has 0 radical (unpaired) electrons. The summed E-state index contributed by atoms with van der Waals surface area (Å²) in [5.74, 6) is 0.623. The number of nitrogens with two attached hydrogens (primary N) is 1. The Kier molecular flexibility index (Phi) is 8.91. The molecule has 0 saturated carbocycles. The van der Waals surface area contributed by atoms with Crippen LogP contribution in [0.5, 0.6) is 0 Å². The molecule has 0 amide bonds. The number of rotatable bonds is 9. The average molecular weight is 284 g/mol. The lowest BCUT2D eigenvalue weighted by Crippen LogP contribution is -2.48. The molecule has 0 aromatic rings. The molecule has 0 aromatic heterocycles. The molecule has 0 aromatic carbocycles. The highest BCUT2D eigenvalue weighted by molar-refractivity contribution is 7.66. The largest absolute Gasteiger partial charge is 0.303 e. The smallest absolute Gasteiger partial charge is 0.158 e. The lowest BCUT2D eigenvalue weighted by molar-refractivity contribution is 0.346. The SMILES string of the molecule is CCN(CC)[P+](N)(N(C)CCCl)N(CC)CC. The van der Waals surface area contributed by atoms with Crippen molar-refractivity contribution in [2.24, 2.45) is 5.50 Å². The molecule has 0 fully saturated rings. The van der Waals surface area contributed by atoms with Crippen LogP contribution in [0.2, 0.25) is 0 Å². The minimum atomic E-state index is -1.88. The van der Waals surface area contributed by atoms with Gasteiger partial charge in [-0.15, -0.1) is 25.6 Å². The van der Waals surface area contributed by atoms with E-state index in [2.05, 4.69) is 48.8 Å². The standard InChI is InChI=1S/C11H29ClN4P/c1-6-15(7-2)17(13,14(5)11-10-12)16(8-3)9-4/h6-11,13H2,1-5H3/q+1. The topological polar surface area (TPSA) is 35.7 Å². The van der Waals surface area contributed by atoms with Gasteiger partial charge in [-0.05, 0) is 27.7 Å². The minimum absolute atomic E-state index is 0.623. The van der Waals surface area contributed by atoms with Crippen molar-refractivity contribution in [1.82, 2.24) is 14.0 Å². The van der Waals surface area contributed by atoms with E-state index in [9.17, 15) is 0 Å². The van der Waals surface area contributed by atoms with Gasteiger partial charge in [0.15, 0.2) is 0 Å². The van der Waals surface area contributed by atoms with E-state index < -0.39 is 7.87 Å². The van der Waals surface area contributed by atoms with Crippen molar-refractivity contribution in [3.63, 3.8) is 0 Å². The van der Waals surface area contributed by atoms with Crippen molar-refractivity contribution < 1.29 is 0 Å². The Hall–Kier alpha value is 0.560. The molecular formula is C11H29ClN4P+. The number of alkyl halides is 1. The van der Waals surface area contributed by atoms with Crippen LogP contribution in [0.4, 0.5) is 0 Å². The van der Waals surface area contributed by atoms with E-state index in [0.29, 0.717) is 5.88 Å². The summed E-state index contributed by atoms with van der Waals surface area (Å²) in [7, 11) is 0.208. The number of hydrogen-bond donors (Lipinski definition) is 1. The molecule has 2 N–H and O–H groups in total. The van der Waals surface area contributed by atoms with Crippen LogP contribution < -0.4 is 5.50 Å². The van der Waals surface area contributed by atoms with Gasteiger partial charge in [0, 0.05) is 39.1 Å². The minimum Gasteiger partial charge on any atom is -0.158 e. The van der Waals surface area contributed by atoms with Gasteiger partial charge >= 0.3 is 7.87 Å². The molecular weight excluding hydrogens is 255 g/mol. The molecule has 0 aliphatic carbocycles. The molecule has 17 heavy (non-hydrogen) atoms. The second-order valence-corrected chi connectivity index (χ2v) is 7.38. The second kappa shape index (κ2) is 8.63. The van der Waals surface area contributed by atoms with Gasteiger partial charge in [-0.25, -0.2) is 0 Å². The summed E-state index contributed by atoms with van der Waals surface area (Å²) >= 11 is 5.87. The first-order chi connectivity index (χ1) is 8.02. The fourth-order valence-electron chi connectivity index (χ4n) is 2.16. The van der Waals surface area contributed by atoms with Crippen LogP contribution in [0.15, 0.2) is 0 Å². The lowest BCUT2D eigenvalue weighted by atomic mass is 10.7. The van der Waals surface area contributed by atoms with Crippen molar-refractivity contribution in [1.29, 1.82) is 0 Å². The van der Waals surface area contributed by atoms with E-state index >= 15 is 0 Å². The highest BCUT2D eigenvalue weighted by atomic mass is 35.5. The van der Waals surface area contributed by atoms with E-state index in [0.717, 1.165) is 32.7 Å². The third-order valence-corrected chi connectivity index (χ3v) is 7.37. The molecule has 4 nitrogen and oxygen atoms in total. The summed E-state index contributed by atoms with van der Waals surface area (Å²) < 4.78 is 7.01. The van der Waals surface area contributed by atoms with E-state index in [1.165, 1.54) is 0 Å². The second-order valence-electron chi connectivity index (χ2n) is 3.96. The first kappa shape index (κ1) is 17.6. The summed E-state index contributed by atoms with van der Waals surface area (Å²) in [5.41, 5.74) is 6.79. The Labute approximate surface area is 113 Å². The van der Waals surface area contributed by atoms with Gasteiger partial charge in [0.25, 0.3) is 0 Å². The van der Waals surface area contributed by atoms with Crippen molar-refractivity contribution in [3.05, 3.63) is 0 Å². The maximum Gasteiger partial charge on any atom is 0.303 e. The molecule has 0 rings (SSSR count). The summed E-state index contributed by atoms with van der Waals surface area (Å²) in [6, 6.07) is 0. The third-order valence-electron chi connectivity index (χ3n) is 3.20. The molecule has 0 bridgehead atoms. The Balaban J connectivity index is 5.15. The maximum atomic E-state index is 6.79. The fraction of sp³-hybridized carbons (Fsp3) is 1.00. The molecule has 0 atom stereocenters. The molecule has 0 heterocycles. The lowest BCUT2D eigenvalue weighted by Gasteiger charge is -2.41. The van der Waals surface area contributed by atoms with Crippen LogP contribution in [0.3, 0.4) is 0 Å². The highest BCUT2D eigenvalue weighted by Crippen LogP contribution is 2.59. The monoisotopic (exact) mass is 283 g/mol. The van der Waals surface area contributed by atoms with Gasteiger partial charge in [0.2, 0.25) is 0 Å². The van der Waals surface area contributed by atoms with Crippen LogP contribution in [0, 0.1) is 0 Å². The predicted molar refractivity (Wildman–Crippen MR) is 80.3 cm³/mol. The van der Waals surface area contributed by atoms with E-state index in [1.807, 2.05) is 0 Å². The van der Waals surface area contributed by atoms with Gasteiger partial charge in [0.1, 0.15) is 0 Å². The molecule has 0 aliphatic rings. The Morgan fingerprint density at radius 3 is 1.53 bits per heavy atom. The highest BCUT2D eigenvalue weighted by Gasteiger charge is 2.49. The number of halogens is 1. The van der Waals surface area contributed by atoms with E-state index in [-0.39, 0.29) is 0 Å². The molecule has 6 heteroatoms. The van der Waals surface area contributed by atoms with Gasteiger partial charge in [-0.3, -0.25) is 0 Å². The molecule has 0 saturated heterocycles. The van der Waals surface area contributed by atoms with Gasteiger partial charge in [-0.2, -0.15) is 5.50 Å². The maximum absolute atomic E-state index is 6.79.